The summed E-state index contributed by atoms with van der Waals surface area (Å²) in [5, 5.41) is 17.9. The van der Waals surface area contributed by atoms with E-state index in [9.17, 15) is 9.59 Å². The van der Waals surface area contributed by atoms with Gasteiger partial charge in [0.05, 0.1) is 13.1 Å². The number of carbonyl (C=O) groups is 2. The van der Waals surface area contributed by atoms with Crippen molar-refractivity contribution in [2.75, 3.05) is 13.1 Å². The van der Waals surface area contributed by atoms with Crippen molar-refractivity contribution >= 4 is 82.8 Å². The van der Waals surface area contributed by atoms with Gasteiger partial charge in [0, 0.05) is 17.1 Å². The summed E-state index contributed by atoms with van der Waals surface area (Å²) >= 11 is 6.36. The first kappa shape index (κ1) is 25.4. The van der Waals surface area contributed by atoms with Crippen LogP contribution in [0.2, 0.25) is 0 Å². The molecule has 1 saturated heterocycles. The molecule has 0 radical (unpaired) electrons. The van der Waals surface area contributed by atoms with Crippen LogP contribution in [0.15, 0.2) is 0 Å². The van der Waals surface area contributed by atoms with Crippen LogP contribution in [-0.4, -0.2) is 121 Å². The second kappa shape index (κ2) is 9.59. The van der Waals surface area contributed by atoms with E-state index >= 15 is 0 Å². The van der Waals surface area contributed by atoms with Gasteiger partial charge in [-0.25, -0.2) is 4.42 Å². The van der Waals surface area contributed by atoms with Crippen LogP contribution in [0.1, 0.15) is 40.5 Å². The summed E-state index contributed by atoms with van der Waals surface area (Å²) in [4.78, 5) is 23.4. The summed E-state index contributed by atoms with van der Waals surface area (Å²) in [6.07, 6.45) is 1.25. The molecule has 1 fully saturated rings. The van der Waals surface area contributed by atoms with Crippen LogP contribution in [0, 0.1) is 0 Å². The van der Waals surface area contributed by atoms with Crippen molar-refractivity contribution in [3.63, 3.8) is 0 Å². The number of halogens is 1. The Kier molecular flexibility index (Phi) is 11.1. The summed E-state index contributed by atoms with van der Waals surface area (Å²) in [5.74, 6) is -2.04. The second-order valence-corrected chi connectivity index (χ2v) is 7.00. The van der Waals surface area contributed by atoms with Crippen molar-refractivity contribution < 1.29 is 19.8 Å². The second-order valence-electron chi connectivity index (χ2n) is 6.66. The van der Waals surface area contributed by atoms with Crippen LogP contribution in [0.3, 0.4) is 0 Å². The molecule has 0 aromatic rings. The molecule has 0 aliphatic carbocycles. The molecule has 1 aliphatic rings. The minimum atomic E-state index is -1.02. The number of hydrogen-bond donors (Lipinski definition) is 2. The van der Waals surface area contributed by atoms with Crippen LogP contribution in [0.5, 0.6) is 0 Å². The van der Waals surface area contributed by atoms with Crippen molar-refractivity contribution in [1.82, 2.24) is 9.32 Å². The number of carboxylic acid groups (broad SMARTS) is 2. The Hall–Kier alpha value is 1.15. The molecule has 0 saturated carbocycles. The fourth-order valence-electron chi connectivity index (χ4n) is 3.12. The average molecular weight is 355 g/mol. The zero-order chi connectivity index (χ0) is 15.7. The van der Waals surface area contributed by atoms with Crippen molar-refractivity contribution in [1.29, 1.82) is 0 Å². The van der Waals surface area contributed by atoms with Gasteiger partial charge in [0.2, 0.25) is 0 Å². The van der Waals surface area contributed by atoms with Gasteiger partial charge < -0.3 is 10.2 Å². The first-order valence-corrected chi connectivity index (χ1v) is 6.93. The fraction of sp³-hybridized carbons (Fsp3) is 0.846. The summed E-state index contributed by atoms with van der Waals surface area (Å²) in [6.45, 7) is 7.37. The Morgan fingerprint density at radius 2 is 1.36 bits per heavy atom. The molecule has 0 bridgehead atoms. The number of nitrogens with zero attached hydrogens (tertiary/aromatic N) is 2. The molecule has 0 aromatic carbocycles. The molecule has 120 valence electrons. The molecule has 1 aliphatic heterocycles. The van der Waals surface area contributed by atoms with Gasteiger partial charge in [-0.05, 0) is 52.3 Å². The van der Waals surface area contributed by atoms with Crippen LogP contribution in [-0.2, 0) is 9.59 Å². The van der Waals surface area contributed by atoms with Crippen LogP contribution in [0.25, 0.3) is 0 Å². The van der Waals surface area contributed by atoms with Gasteiger partial charge >= 0.3 is 71.1 Å². The summed E-state index contributed by atoms with van der Waals surface area (Å²) < 4.78 is 1.76. The first-order valence-electron chi connectivity index (χ1n) is 6.59. The number of piperidine rings is 1. The van der Waals surface area contributed by atoms with Gasteiger partial charge in [-0.15, -0.1) is 0 Å². The molecule has 22 heavy (non-hydrogen) atoms. The van der Waals surface area contributed by atoms with E-state index in [1.165, 1.54) is 4.90 Å². The third kappa shape index (κ3) is 6.95. The van der Waals surface area contributed by atoms with Gasteiger partial charge in [0.25, 0.3) is 0 Å². The molecule has 0 aromatic heterocycles. The topological polar surface area (TPSA) is 81.1 Å². The number of rotatable bonds is 5. The molecule has 1 heterocycles. The van der Waals surface area contributed by atoms with Crippen molar-refractivity contribution in [3.8, 4) is 0 Å². The van der Waals surface area contributed by atoms with E-state index in [4.69, 9.17) is 22.0 Å². The van der Waals surface area contributed by atoms with Gasteiger partial charge in [0.15, 0.2) is 0 Å². The SMILES string of the molecule is CC1(C)CC(N(CC(=O)O)CC(=O)O)CC(C)(C)N1Cl.[NaH].[NaH]. The number of hydrogen-bond acceptors (Lipinski definition) is 4. The van der Waals surface area contributed by atoms with Gasteiger partial charge in [-0.1, -0.05) is 0 Å². The maximum atomic E-state index is 10.9. The van der Waals surface area contributed by atoms with Crippen molar-refractivity contribution in [3.05, 3.63) is 0 Å². The molecular formula is C13H25ClN2Na2O4. The molecule has 0 amide bonds. The minimum absolute atomic E-state index is 0. The normalized spacial score (nSPS) is 20.8. The van der Waals surface area contributed by atoms with Crippen LogP contribution >= 0.6 is 11.8 Å². The molecule has 2 N–H and O–H groups in total. The van der Waals surface area contributed by atoms with Crippen molar-refractivity contribution in [2.24, 2.45) is 0 Å². The van der Waals surface area contributed by atoms with Gasteiger partial charge in [-0.3, -0.25) is 14.5 Å². The summed E-state index contributed by atoms with van der Waals surface area (Å²) in [5.41, 5.74) is -0.660. The fourth-order valence-corrected chi connectivity index (χ4v) is 3.26. The predicted molar refractivity (Wildman–Crippen MR) is 90.0 cm³/mol. The third-order valence-electron chi connectivity index (χ3n) is 3.73. The Morgan fingerprint density at radius 1 is 1.05 bits per heavy atom. The quantitative estimate of drug-likeness (QED) is 0.547. The predicted octanol–water partition coefficient (Wildman–Crippen LogP) is 0.336. The summed E-state index contributed by atoms with van der Waals surface area (Å²) in [6, 6.07) is -0.123. The first-order chi connectivity index (χ1) is 8.95. The van der Waals surface area contributed by atoms with Gasteiger partial charge in [0.1, 0.15) is 0 Å². The molecule has 6 nitrogen and oxygen atoms in total. The molecule has 1 rings (SSSR count). The number of aliphatic carboxylic acids is 2. The summed E-state index contributed by atoms with van der Waals surface area (Å²) in [7, 11) is 0. The Morgan fingerprint density at radius 3 is 1.64 bits per heavy atom. The molecular weight excluding hydrogens is 330 g/mol. The van der Waals surface area contributed by atoms with E-state index < -0.39 is 11.9 Å². The van der Waals surface area contributed by atoms with Crippen molar-refractivity contribution in [2.45, 2.75) is 57.7 Å². The Bertz CT molecular complexity index is 374. The van der Waals surface area contributed by atoms with E-state index in [-0.39, 0.29) is 89.3 Å². The molecule has 0 unspecified atom stereocenters. The molecule has 9 heteroatoms. The Labute approximate surface area is 181 Å². The Balaban J connectivity index is 0. The van der Waals surface area contributed by atoms with E-state index in [1.54, 1.807) is 4.42 Å². The number of carboxylic acids is 2. The third-order valence-corrected chi connectivity index (χ3v) is 4.64. The van der Waals surface area contributed by atoms with Crippen LogP contribution in [0.4, 0.5) is 0 Å². The van der Waals surface area contributed by atoms with E-state index in [2.05, 4.69) is 0 Å². The monoisotopic (exact) mass is 354 g/mol. The van der Waals surface area contributed by atoms with E-state index in [1.807, 2.05) is 27.7 Å². The zero-order valence-electron chi connectivity index (χ0n) is 12.4. The average Bonchev–Trinajstić information content (AvgIpc) is 2.22. The van der Waals surface area contributed by atoms with E-state index in [0.717, 1.165) is 0 Å². The molecule has 0 spiro atoms. The molecule has 0 atom stereocenters. The maximum absolute atomic E-state index is 10.9. The standard InChI is InChI=1S/C13H23ClN2O4.2Na.2H/c1-12(2)5-9(6-13(3,4)16(12)14)15(7-10(17)18)8-11(19)20;;;;/h9H,5-8H2,1-4H3,(H,17,18)(H,19,20);;;;. The van der Waals surface area contributed by atoms with E-state index in [0.29, 0.717) is 12.8 Å². The zero-order valence-corrected chi connectivity index (χ0v) is 13.1. The van der Waals surface area contributed by atoms with Crippen LogP contribution < -0.4 is 0 Å². The van der Waals surface area contributed by atoms with Gasteiger partial charge in [-0.2, -0.15) is 0 Å².